The van der Waals surface area contributed by atoms with E-state index in [1.165, 1.54) is 121 Å². The number of nitrogens with zero attached hydrogens (tertiary/aromatic N) is 1. The first-order valence-electron chi connectivity index (χ1n) is 24.6. The Hall–Kier alpha value is -9.30. The molecule has 0 aliphatic heterocycles. The van der Waals surface area contributed by atoms with E-state index in [-0.39, 0.29) is 0 Å². The Morgan fingerprint density at radius 3 is 0.930 bits per heavy atom. The van der Waals surface area contributed by atoms with E-state index in [1.54, 1.807) is 0 Å². The summed E-state index contributed by atoms with van der Waals surface area (Å²) in [6.45, 7) is 0. The number of rotatable bonds is 7. The van der Waals surface area contributed by atoms with Gasteiger partial charge in [-0.15, -0.1) is 0 Å². The number of hydrogen-bond donors (Lipinski definition) is 0. The Kier molecular flexibility index (Phi) is 9.60. The number of hydrogen-bond acceptors (Lipinski definition) is 0. The van der Waals surface area contributed by atoms with Crippen LogP contribution in [0.4, 0.5) is 0 Å². The first-order chi connectivity index (χ1) is 35.2. The van der Waals surface area contributed by atoms with Crippen LogP contribution in [0.2, 0.25) is 0 Å². The Bertz CT molecular complexity index is 4070. The Balaban J connectivity index is 1.02. The molecule has 0 atom stereocenters. The van der Waals surface area contributed by atoms with E-state index in [4.69, 9.17) is 0 Å². The molecule has 0 bridgehead atoms. The maximum atomic E-state index is 2.51. The van der Waals surface area contributed by atoms with Crippen molar-refractivity contribution in [3.05, 3.63) is 273 Å². The molecule has 1 heterocycles. The number of fused-ring (bicyclic) bond motifs is 9. The van der Waals surface area contributed by atoms with Gasteiger partial charge in [-0.05, 0) is 164 Å². The molecule has 0 saturated carbocycles. The Morgan fingerprint density at radius 1 is 0.183 bits per heavy atom. The van der Waals surface area contributed by atoms with Crippen LogP contribution in [0.5, 0.6) is 0 Å². The Labute approximate surface area is 412 Å². The molecule has 330 valence electrons. The van der Waals surface area contributed by atoms with Gasteiger partial charge in [0.05, 0.1) is 11.0 Å². The highest BCUT2D eigenvalue weighted by Gasteiger charge is 2.19. The molecule has 0 unspecified atom stereocenters. The van der Waals surface area contributed by atoms with Gasteiger partial charge in [-0.1, -0.05) is 218 Å². The summed E-state index contributed by atoms with van der Waals surface area (Å²) in [5, 5.41) is 12.4. The van der Waals surface area contributed by atoms with E-state index in [2.05, 4.69) is 278 Å². The fraction of sp³-hybridized carbons (Fsp3) is 0. The summed E-state index contributed by atoms with van der Waals surface area (Å²) in [7, 11) is 0. The second-order valence-corrected chi connectivity index (χ2v) is 18.8. The molecule has 13 aromatic carbocycles. The predicted octanol–water partition coefficient (Wildman–Crippen LogP) is 19.4. The Morgan fingerprint density at radius 2 is 0.507 bits per heavy atom. The van der Waals surface area contributed by atoms with E-state index in [9.17, 15) is 0 Å². The molecular weight excluding hydrogens is 855 g/mol. The summed E-state index contributed by atoms with van der Waals surface area (Å²) >= 11 is 0. The lowest BCUT2D eigenvalue weighted by Crippen LogP contribution is -1.97. The normalized spacial score (nSPS) is 11.7. The third kappa shape index (κ3) is 7.01. The quantitative estimate of drug-likeness (QED) is 0.141. The SMILES string of the molecule is c1ccc(-c2ccc(-c3ccc4c(c3)c3cc(-c5ccc(-c6ccccc6)cc5)ccc3n4-c3cc(-c4cc5ccccc5c5ccccc45)cc(-c4cc5ccccc5c5ccccc45)c3)cc2)cc1. The largest absolute Gasteiger partial charge is 0.309 e. The van der Waals surface area contributed by atoms with Crippen LogP contribution >= 0.6 is 0 Å². The van der Waals surface area contributed by atoms with Crippen molar-refractivity contribution in [3.63, 3.8) is 0 Å². The van der Waals surface area contributed by atoms with E-state index in [0.717, 1.165) is 16.7 Å². The molecule has 0 spiro atoms. The van der Waals surface area contributed by atoms with Crippen molar-refractivity contribution in [2.45, 2.75) is 0 Å². The van der Waals surface area contributed by atoms with Crippen LogP contribution in [-0.4, -0.2) is 4.57 Å². The van der Waals surface area contributed by atoms with Crippen molar-refractivity contribution < 1.29 is 0 Å². The molecule has 0 radical (unpaired) electrons. The van der Waals surface area contributed by atoms with Gasteiger partial charge in [0.1, 0.15) is 0 Å². The molecule has 1 nitrogen and oxygen atoms in total. The van der Waals surface area contributed by atoms with Gasteiger partial charge in [-0.2, -0.15) is 0 Å². The van der Waals surface area contributed by atoms with Crippen LogP contribution in [0.3, 0.4) is 0 Å². The van der Waals surface area contributed by atoms with Gasteiger partial charge in [0.15, 0.2) is 0 Å². The fourth-order valence-electron chi connectivity index (χ4n) is 11.3. The average molecular weight is 900 g/mol. The summed E-state index contributed by atoms with van der Waals surface area (Å²) < 4.78 is 2.51. The molecule has 0 aliphatic carbocycles. The van der Waals surface area contributed by atoms with Gasteiger partial charge in [0, 0.05) is 16.5 Å². The molecule has 0 fully saturated rings. The first-order valence-corrected chi connectivity index (χ1v) is 24.6. The van der Waals surface area contributed by atoms with Crippen LogP contribution in [-0.2, 0) is 0 Å². The van der Waals surface area contributed by atoms with E-state index in [1.807, 2.05) is 0 Å². The highest BCUT2D eigenvalue weighted by Crippen LogP contribution is 2.44. The fourth-order valence-corrected chi connectivity index (χ4v) is 11.3. The van der Waals surface area contributed by atoms with Crippen LogP contribution in [0.1, 0.15) is 0 Å². The molecular formula is C70H45N. The van der Waals surface area contributed by atoms with Crippen molar-refractivity contribution in [3.8, 4) is 72.4 Å². The van der Waals surface area contributed by atoms with Gasteiger partial charge in [0.25, 0.3) is 0 Å². The van der Waals surface area contributed by atoms with Crippen molar-refractivity contribution in [2.75, 3.05) is 0 Å². The summed E-state index contributed by atoms with van der Waals surface area (Å²) in [6.07, 6.45) is 0. The van der Waals surface area contributed by atoms with E-state index >= 15 is 0 Å². The van der Waals surface area contributed by atoms with Crippen molar-refractivity contribution in [1.82, 2.24) is 4.57 Å². The second kappa shape index (κ2) is 16.7. The van der Waals surface area contributed by atoms with Crippen LogP contribution < -0.4 is 0 Å². The van der Waals surface area contributed by atoms with Gasteiger partial charge in [-0.3, -0.25) is 0 Å². The maximum absolute atomic E-state index is 2.51. The molecule has 1 heteroatoms. The van der Waals surface area contributed by atoms with Gasteiger partial charge >= 0.3 is 0 Å². The average Bonchev–Trinajstić information content (AvgIpc) is 3.78. The summed E-state index contributed by atoms with van der Waals surface area (Å²) in [6, 6.07) is 101. The van der Waals surface area contributed by atoms with Crippen molar-refractivity contribution >= 4 is 64.9 Å². The topological polar surface area (TPSA) is 4.93 Å². The molecule has 1 aromatic heterocycles. The monoisotopic (exact) mass is 899 g/mol. The zero-order chi connectivity index (χ0) is 46.8. The molecule has 71 heavy (non-hydrogen) atoms. The lowest BCUT2D eigenvalue weighted by atomic mass is 9.89. The van der Waals surface area contributed by atoms with Crippen LogP contribution in [0.25, 0.3) is 137 Å². The highest BCUT2D eigenvalue weighted by atomic mass is 15.0. The summed E-state index contributed by atoms with van der Waals surface area (Å²) in [5.74, 6) is 0. The maximum Gasteiger partial charge on any atom is 0.0541 e. The van der Waals surface area contributed by atoms with Gasteiger partial charge < -0.3 is 4.57 Å². The third-order valence-corrected chi connectivity index (χ3v) is 14.7. The molecule has 14 aromatic rings. The number of aromatic nitrogens is 1. The molecule has 0 saturated heterocycles. The van der Waals surface area contributed by atoms with E-state index in [0.29, 0.717) is 0 Å². The molecule has 0 N–H and O–H groups in total. The van der Waals surface area contributed by atoms with Crippen LogP contribution in [0.15, 0.2) is 273 Å². The molecule has 0 aliphatic rings. The number of benzene rings is 13. The lowest BCUT2D eigenvalue weighted by Gasteiger charge is -2.18. The van der Waals surface area contributed by atoms with Gasteiger partial charge in [-0.25, -0.2) is 0 Å². The predicted molar refractivity (Wildman–Crippen MR) is 303 cm³/mol. The van der Waals surface area contributed by atoms with Crippen molar-refractivity contribution in [2.24, 2.45) is 0 Å². The minimum absolute atomic E-state index is 1.12. The summed E-state index contributed by atoms with van der Waals surface area (Å²) in [4.78, 5) is 0. The lowest BCUT2D eigenvalue weighted by molar-refractivity contribution is 1.18. The summed E-state index contributed by atoms with van der Waals surface area (Å²) in [5.41, 5.74) is 17.9. The smallest absolute Gasteiger partial charge is 0.0541 e. The highest BCUT2D eigenvalue weighted by molar-refractivity contribution is 6.17. The standard InChI is InChI=1S/C70H45N/c1-3-15-46(16-4-1)48-27-31-50(32-28-48)52-35-37-69-67(42-52)68-43-53(51-33-29-49(30-34-51)47-17-5-2-6-18-47)36-38-70(68)71(69)58-40-56(65-44-54-19-7-9-21-59(54)61-23-11-13-25-63(61)65)39-57(41-58)66-45-55-20-8-10-22-60(55)62-24-12-14-26-64(62)66/h1-45H. The van der Waals surface area contributed by atoms with Gasteiger partial charge in [0.2, 0.25) is 0 Å². The second-order valence-electron chi connectivity index (χ2n) is 18.8. The zero-order valence-electron chi connectivity index (χ0n) is 38.9. The van der Waals surface area contributed by atoms with E-state index < -0.39 is 0 Å². The minimum atomic E-state index is 1.12. The first kappa shape index (κ1) is 40.7. The van der Waals surface area contributed by atoms with Crippen LogP contribution in [0, 0.1) is 0 Å². The molecule has 0 amide bonds. The minimum Gasteiger partial charge on any atom is -0.309 e. The third-order valence-electron chi connectivity index (χ3n) is 14.7. The zero-order valence-corrected chi connectivity index (χ0v) is 38.9. The molecule has 14 rings (SSSR count). The van der Waals surface area contributed by atoms with Crippen molar-refractivity contribution in [1.29, 1.82) is 0 Å².